The molecule has 0 atom stereocenters. The van der Waals surface area contributed by atoms with Gasteiger partial charge in [0.05, 0.1) is 17.8 Å². The molecular formula is C18H20N2O. The van der Waals surface area contributed by atoms with Crippen molar-refractivity contribution in [3.63, 3.8) is 0 Å². The Morgan fingerprint density at radius 1 is 1.05 bits per heavy atom. The van der Waals surface area contributed by atoms with Crippen molar-refractivity contribution in [1.82, 2.24) is 9.88 Å². The summed E-state index contributed by atoms with van der Waals surface area (Å²) in [6.45, 7) is 0.569. The molecule has 2 aromatic rings. The van der Waals surface area contributed by atoms with Gasteiger partial charge in [-0.25, -0.2) is 0 Å². The molecule has 0 saturated heterocycles. The molecule has 0 spiro atoms. The topological polar surface area (TPSA) is 33.2 Å². The first-order valence-electron chi connectivity index (χ1n) is 7.53. The summed E-state index contributed by atoms with van der Waals surface area (Å²) in [4.78, 5) is 18.1. The van der Waals surface area contributed by atoms with Crippen LogP contribution in [0.2, 0.25) is 0 Å². The summed E-state index contributed by atoms with van der Waals surface area (Å²) in [5.74, 6) is 0. The van der Waals surface area contributed by atoms with E-state index in [1.165, 1.54) is 18.4 Å². The normalized spacial score (nSPS) is 16.6. The highest BCUT2D eigenvalue weighted by Gasteiger charge is 2.40. The molecule has 1 fully saturated rings. The van der Waals surface area contributed by atoms with Crippen LogP contribution in [0.4, 0.5) is 0 Å². The number of aromatic nitrogens is 1. The van der Waals surface area contributed by atoms with Crippen molar-refractivity contribution >= 4 is 6.41 Å². The Hall–Kier alpha value is -2.16. The number of hydrogen-bond acceptors (Lipinski definition) is 2. The second-order valence-corrected chi connectivity index (χ2v) is 5.66. The number of nitrogens with zero attached hydrogens (tertiary/aromatic N) is 2. The molecule has 108 valence electrons. The molecule has 21 heavy (non-hydrogen) atoms. The molecule has 0 N–H and O–H groups in total. The number of carbonyl (C=O) groups is 1. The number of benzene rings is 1. The van der Waals surface area contributed by atoms with Crippen molar-refractivity contribution < 1.29 is 4.79 Å². The van der Waals surface area contributed by atoms with Gasteiger partial charge in [0.1, 0.15) is 0 Å². The molecule has 0 radical (unpaired) electrons. The lowest BCUT2D eigenvalue weighted by atomic mass is 9.86. The fourth-order valence-corrected chi connectivity index (χ4v) is 3.41. The van der Waals surface area contributed by atoms with Gasteiger partial charge in [-0.3, -0.25) is 9.78 Å². The second-order valence-electron chi connectivity index (χ2n) is 5.66. The van der Waals surface area contributed by atoms with Crippen molar-refractivity contribution in [1.29, 1.82) is 0 Å². The first-order chi connectivity index (χ1) is 10.3. The lowest BCUT2D eigenvalue weighted by Gasteiger charge is -2.39. The Morgan fingerprint density at radius 3 is 2.38 bits per heavy atom. The Bertz CT molecular complexity index is 577. The molecular weight excluding hydrogens is 260 g/mol. The van der Waals surface area contributed by atoms with Gasteiger partial charge in [0.2, 0.25) is 6.41 Å². The van der Waals surface area contributed by atoms with E-state index in [0.29, 0.717) is 6.54 Å². The zero-order valence-corrected chi connectivity index (χ0v) is 12.1. The highest BCUT2D eigenvalue weighted by atomic mass is 16.1. The van der Waals surface area contributed by atoms with E-state index in [2.05, 4.69) is 29.2 Å². The van der Waals surface area contributed by atoms with Gasteiger partial charge < -0.3 is 4.90 Å². The molecule has 1 amide bonds. The van der Waals surface area contributed by atoms with Gasteiger partial charge in [0.25, 0.3) is 0 Å². The van der Waals surface area contributed by atoms with Gasteiger partial charge in [0.15, 0.2) is 0 Å². The summed E-state index contributed by atoms with van der Waals surface area (Å²) in [5, 5.41) is 0. The fourth-order valence-electron chi connectivity index (χ4n) is 3.41. The largest absolute Gasteiger partial charge is 0.330 e. The SMILES string of the molecule is O=CN(Cc1ccccn1)C1(c2ccccc2)CCCC1. The summed E-state index contributed by atoms with van der Waals surface area (Å²) < 4.78 is 0. The van der Waals surface area contributed by atoms with Crippen LogP contribution in [0.3, 0.4) is 0 Å². The lowest BCUT2D eigenvalue weighted by Crippen LogP contribution is -2.43. The van der Waals surface area contributed by atoms with Gasteiger partial charge in [-0.2, -0.15) is 0 Å². The van der Waals surface area contributed by atoms with E-state index in [1.807, 2.05) is 29.2 Å². The van der Waals surface area contributed by atoms with Crippen LogP contribution in [-0.2, 0) is 16.9 Å². The summed E-state index contributed by atoms with van der Waals surface area (Å²) in [6.07, 6.45) is 7.17. The predicted octanol–water partition coefficient (Wildman–Crippen LogP) is 3.51. The van der Waals surface area contributed by atoms with Crippen molar-refractivity contribution in [2.45, 2.75) is 37.8 Å². The minimum Gasteiger partial charge on any atom is -0.330 e. The van der Waals surface area contributed by atoms with E-state index in [9.17, 15) is 4.79 Å². The number of hydrogen-bond donors (Lipinski definition) is 0. The zero-order valence-electron chi connectivity index (χ0n) is 12.1. The quantitative estimate of drug-likeness (QED) is 0.785. The maximum atomic E-state index is 11.8. The molecule has 3 rings (SSSR count). The first kappa shape index (κ1) is 13.8. The second kappa shape index (κ2) is 6.08. The monoisotopic (exact) mass is 280 g/mol. The molecule has 1 aliphatic carbocycles. The van der Waals surface area contributed by atoms with Crippen LogP contribution in [0, 0.1) is 0 Å². The van der Waals surface area contributed by atoms with Crippen LogP contribution >= 0.6 is 0 Å². The molecule has 1 saturated carbocycles. The van der Waals surface area contributed by atoms with Gasteiger partial charge in [-0.05, 0) is 30.5 Å². The molecule has 1 heterocycles. The van der Waals surface area contributed by atoms with Crippen LogP contribution in [-0.4, -0.2) is 16.3 Å². The van der Waals surface area contributed by atoms with E-state index in [-0.39, 0.29) is 5.54 Å². The maximum Gasteiger partial charge on any atom is 0.210 e. The van der Waals surface area contributed by atoms with E-state index in [1.54, 1.807) is 6.20 Å². The molecule has 0 aliphatic heterocycles. The van der Waals surface area contributed by atoms with Crippen molar-refractivity contribution in [3.05, 3.63) is 66.0 Å². The van der Waals surface area contributed by atoms with E-state index < -0.39 is 0 Å². The van der Waals surface area contributed by atoms with E-state index >= 15 is 0 Å². The Balaban J connectivity index is 1.93. The number of carbonyl (C=O) groups excluding carboxylic acids is 1. The highest BCUT2D eigenvalue weighted by Crippen LogP contribution is 2.43. The van der Waals surface area contributed by atoms with Crippen molar-refractivity contribution in [2.75, 3.05) is 0 Å². The standard InChI is InChI=1S/C18H20N2O/c21-15-20(14-17-10-4-7-13-19-17)18(11-5-6-12-18)16-8-2-1-3-9-16/h1-4,7-10,13,15H,5-6,11-12,14H2. The Labute approximate surface area is 125 Å². The third kappa shape index (κ3) is 2.68. The molecule has 1 aromatic heterocycles. The maximum absolute atomic E-state index is 11.8. The minimum atomic E-state index is -0.166. The third-order valence-corrected chi connectivity index (χ3v) is 4.48. The number of rotatable bonds is 5. The van der Waals surface area contributed by atoms with Crippen LogP contribution in [0.25, 0.3) is 0 Å². The predicted molar refractivity (Wildman–Crippen MR) is 82.4 cm³/mol. The average Bonchev–Trinajstić information content (AvgIpc) is 3.05. The summed E-state index contributed by atoms with van der Waals surface area (Å²) in [7, 11) is 0. The molecule has 3 nitrogen and oxygen atoms in total. The van der Waals surface area contributed by atoms with E-state index in [4.69, 9.17) is 0 Å². The highest BCUT2D eigenvalue weighted by molar-refractivity contribution is 5.51. The smallest absolute Gasteiger partial charge is 0.210 e. The number of pyridine rings is 1. The zero-order chi connectivity index (χ0) is 14.5. The van der Waals surface area contributed by atoms with Crippen LogP contribution in [0.1, 0.15) is 36.9 Å². The molecule has 1 aliphatic rings. The molecule has 0 unspecified atom stereocenters. The van der Waals surface area contributed by atoms with Gasteiger partial charge >= 0.3 is 0 Å². The lowest BCUT2D eigenvalue weighted by molar-refractivity contribution is -0.125. The van der Waals surface area contributed by atoms with Gasteiger partial charge in [-0.1, -0.05) is 49.2 Å². The fraction of sp³-hybridized carbons (Fsp3) is 0.333. The molecule has 0 bridgehead atoms. The minimum absolute atomic E-state index is 0.166. The Morgan fingerprint density at radius 2 is 1.76 bits per heavy atom. The Kier molecular flexibility index (Phi) is 4.00. The van der Waals surface area contributed by atoms with Gasteiger partial charge in [-0.15, -0.1) is 0 Å². The summed E-state index contributed by atoms with van der Waals surface area (Å²) >= 11 is 0. The van der Waals surface area contributed by atoms with E-state index in [0.717, 1.165) is 24.9 Å². The van der Waals surface area contributed by atoms with Crippen molar-refractivity contribution in [3.8, 4) is 0 Å². The average molecular weight is 280 g/mol. The van der Waals surface area contributed by atoms with Crippen molar-refractivity contribution in [2.24, 2.45) is 0 Å². The van der Waals surface area contributed by atoms with Crippen LogP contribution < -0.4 is 0 Å². The van der Waals surface area contributed by atoms with Crippen LogP contribution in [0.5, 0.6) is 0 Å². The number of amides is 1. The molecule has 3 heteroatoms. The van der Waals surface area contributed by atoms with Crippen LogP contribution in [0.15, 0.2) is 54.7 Å². The first-order valence-corrected chi connectivity index (χ1v) is 7.53. The third-order valence-electron chi connectivity index (χ3n) is 4.48. The van der Waals surface area contributed by atoms with Gasteiger partial charge in [0, 0.05) is 6.20 Å². The summed E-state index contributed by atoms with van der Waals surface area (Å²) in [5.41, 5.74) is 2.01. The molecule has 1 aromatic carbocycles. The summed E-state index contributed by atoms with van der Waals surface area (Å²) in [6, 6.07) is 16.3.